The molecule has 4 N–H and O–H groups in total. The number of anilines is 3. The lowest BCUT2D eigenvalue weighted by Crippen LogP contribution is -2.48. The number of halogens is 1. The van der Waals surface area contributed by atoms with Crippen LogP contribution in [0.3, 0.4) is 0 Å². The molecule has 4 amide bonds. The summed E-state index contributed by atoms with van der Waals surface area (Å²) in [5.41, 5.74) is 1.55. The van der Waals surface area contributed by atoms with Gasteiger partial charge in [-0.3, -0.25) is 29.2 Å². The number of nitrogens with one attached hydrogen (secondary N) is 3. The normalized spacial score (nSPS) is 19.7. The topological polar surface area (TPSA) is 220 Å². The van der Waals surface area contributed by atoms with Gasteiger partial charge >= 0.3 is 0 Å². The van der Waals surface area contributed by atoms with Crippen LogP contribution in [-0.4, -0.2) is 125 Å². The van der Waals surface area contributed by atoms with Crippen LogP contribution in [0, 0.1) is 17.7 Å². The second kappa shape index (κ2) is 20.5. The smallest absolute Gasteiger partial charge is 0.234 e. The number of carbonyl (C=O) groups excluding carboxylic acids is 4. The number of sulfonamides is 1. The number of pyridine rings is 1. The summed E-state index contributed by atoms with van der Waals surface area (Å²) in [6.45, 7) is 6.90. The standard InChI is InChI=1S/C46H57FN10O7S2/c1-3-25-66(63,64)54-35-6-4-5-34(39(35)47)40-41(36-11-18-48-46(51-36)50-28(2)27-58)65-43(53-40)29-12-21-56(22-13-29)45(62)31-16-23-57(24-17-31)44(61)30-14-19-55(20-15-30)37-9-7-32(26-49-37)33-8-10-38(59)52-42(33)60/h4-7,9,11,18,26,28-31,33,54,58H,3,8,10,12-17,19-25,27H2,1-2H3,(H,48,50,51)(H,52,59,60)/t28-,33?/m1/s1. The van der Waals surface area contributed by atoms with Gasteiger partial charge in [-0.15, -0.1) is 11.3 Å². The molecule has 7 heterocycles. The van der Waals surface area contributed by atoms with E-state index in [1.54, 1.807) is 44.4 Å². The SMILES string of the molecule is CCCS(=O)(=O)Nc1cccc(-c2nc(C3CCN(C(=O)C4CCN(C(=O)C5CCN(c6ccc(C7CCC(=O)NC7=O)cn6)CC5)CC4)CC3)sc2-c2ccnc(N[C@H](C)CO)n2)c1F. The summed E-state index contributed by atoms with van der Waals surface area (Å²) in [6, 6.07) is 9.74. The fourth-order valence-corrected chi connectivity index (χ4v) is 11.7. The average Bonchev–Trinajstić information content (AvgIpc) is 3.77. The molecule has 352 valence electrons. The van der Waals surface area contributed by atoms with Crippen LogP contribution in [0.15, 0.2) is 48.8 Å². The molecule has 4 aliphatic rings. The van der Waals surface area contributed by atoms with Crippen molar-refractivity contribution < 1.29 is 37.1 Å². The molecular formula is C46H57FN10O7S2. The Balaban J connectivity index is 0.866. The first-order chi connectivity index (χ1) is 31.8. The molecule has 8 rings (SSSR count). The molecule has 4 fully saturated rings. The maximum absolute atomic E-state index is 16.3. The molecule has 20 heteroatoms. The quantitative estimate of drug-likeness (QED) is 0.121. The monoisotopic (exact) mass is 944 g/mol. The number of nitrogens with zero attached hydrogens (tertiary/aromatic N) is 7. The van der Waals surface area contributed by atoms with Crippen LogP contribution in [0.4, 0.5) is 21.8 Å². The molecule has 4 aromatic rings. The largest absolute Gasteiger partial charge is 0.394 e. The highest BCUT2D eigenvalue weighted by Crippen LogP contribution is 2.43. The maximum atomic E-state index is 16.3. The van der Waals surface area contributed by atoms with Gasteiger partial charge in [0.1, 0.15) is 5.82 Å². The number of aromatic nitrogens is 4. The Bertz CT molecular complexity index is 2520. The molecule has 0 bridgehead atoms. The van der Waals surface area contributed by atoms with Gasteiger partial charge in [0.15, 0.2) is 5.82 Å². The highest BCUT2D eigenvalue weighted by molar-refractivity contribution is 7.92. The second-order valence-corrected chi connectivity index (χ2v) is 20.6. The summed E-state index contributed by atoms with van der Waals surface area (Å²) in [6.07, 6.45) is 8.37. The van der Waals surface area contributed by atoms with Crippen LogP contribution < -0.4 is 20.3 Å². The first-order valence-corrected chi connectivity index (χ1v) is 25.4. The van der Waals surface area contributed by atoms with E-state index in [2.05, 4.69) is 35.2 Å². The Morgan fingerprint density at radius 1 is 0.909 bits per heavy atom. The minimum atomic E-state index is -3.77. The number of amides is 4. The van der Waals surface area contributed by atoms with Gasteiger partial charge in [0, 0.05) is 87.4 Å². The molecule has 1 aromatic carbocycles. The zero-order valence-electron chi connectivity index (χ0n) is 37.2. The number of rotatable bonds is 14. The summed E-state index contributed by atoms with van der Waals surface area (Å²) in [4.78, 5) is 76.6. The average molecular weight is 945 g/mol. The van der Waals surface area contributed by atoms with Crippen LogP contribution in [0.25, 0.3) is 21.8 Å². The summed E-state index contributed by atoms with van der Waals surface area (Å²) in [5, 5.41) is 15.8. The molecule has 0 radical (unpaired) electrons. The molecule has 0 aliphatic carbocycles. The van der Waals surface area contributed by atoms with Gasteiger partial charge in [0.2, 0.25) is 39.6 Å². The Labute approximate surface area is 388 Å². The van der Waals surface area contributed by atoms with Crippen molar-refractivity contribution in [3.63, 3.8) is 0 Å². The number of imide groups is 1. The molecule has 4 saturated heterocycles. The predicted octanol–water partition coefficient (Wildman–Crippen LogP) is 5.13. The zero-order valence-corrected chi connectivity index (χ0v) is 38.9. The van der Waals surface area contributed by atoms with Crippen LogP contribution in [-0.2, 0) is 29.2 Å². The molecule has 1 unspecified atom stereocenters. The minimum absolute atomic E-state index is 0.0199. The minimum Gasteiger partial charge on any atom is -0.394 e. The maximum Gasteiger partial charge on any atom is 0.234 e. The third-order valence-corrected chi connectivity index (χ3v) is 15.8. The fraction of sp³-hybridized carbons (Fsp3) is 0.522. The van der Waals surface area contributed by atoms with E-state index in [1.165, 1.54) is 17.4 Å². The van der Waals surface area contributed by atoms with Crippen LogP contribution in [0.5, 0.6) is 0 Å². The first-order valence-electron chi connectivity index (χ1n) is 22.9. The van der Waals surface area contributed by atoms with E-state index >= 15 is 4.39 Å². The fourth-order valence-electron chi connectivity index (χ4n) is 9.34. The Hall–Kier alpha value is -5.60. The van der Waals surface area contributed by atoms with E-state index in [0.717, 1.165) is 16.4 Å². The lowest BCUT2D eigenvalue weighted by atomic mass is 9.90. The number of aliphatic hydroxyl groups is 1. The first kappa shape index (κ1) is 46.9. The lowest BCUT2D eigenvalue weighted by molar-refractivity contribution is -0.143. The van der Waals surface area contributed by atoms with Crippen molar-refractivity contribution in [3.8, 4) is 21.8 Å². The molecule has 17 nitrogen and oxygen atoms in total. The van der Waals surface area contributed by atoms with Crippen molar-refractivity contribution >= 4 is 62.4 Å². The van der Waals surface area contributed by atoms with E-state index in [-0.39, 0.29) is 82.9 Å². The van der Waals surface area contributed by atoms with E-state index in [1.807, 2.05) is 21.9 Å². The van der Waals surface area contributed by atoms with Gasteiger partial charge in [0.05, 0.1) is 45.2 Å². The highest BCUT2D eigenvalue weighted by atomic mass is 32.2. The van der Waals surface area contributed by atoms with Crippen molar-refractivity contribution in [2.24, 2.45) is 11.8 Å². The molecular weight excluding hydrogens is 888 g/mol. The number of benzene rings is 1. The number of piperidine rings is 4. The second-order valence-electron chi connectivity index (χ2n) is 17.7. The lowest BCUT2D eigenvalue weighted by Gasteiger charge is -2.39. The van der Waals surface area contributed by atoms with E-state index < -0.39 is 15.8 Å². The third kappa shape index (κ3) is 10.7. The molecule has 66 heavy (non-hydrogen) atoms. The Morgan fingerprint density at radius 3 is 2.23 bits per heavy atom. The van der Waals surface area contributed by atoms with Crippen molar-refractivity contribution in [3.05, 3.63) is 65.2 Å². The molecule has 3 aromatic heterocycles. The number of hydrogen-bond donors (Lipinski definition) is 4. The number of hydrogen-bond acceptors (Lipinski definition) is 14. The van der Waals surface area contributed by atoms with Crippen LogP contribution in [0.2, 0.25) is 0 Å². The van der Waals surface area contributed by atoms with Gasteiger partial charge in [0.25, 0.3) is 0 Å². The van der Waals surface area contributed by atoms with Crippen molar-refractivity contribution in [2.75, 3.05) is 66.6 Å². The van der Waals surface area contributed by atoms with E-state index in [9.17, 15) is 32.7 Å². The van der Waals surface area contributed by atoms with Crippen LogP contribution in [0.1, 0.15) is 94.0 Å². The Morgan fingerprint density at radius 2 is 1.59 bits per heavy atom. The Kier molecular flexibility index (Phi) is 14.6. The summed E-state index contributed by atoms with van der Waals surface area (Å²) >= 11 is 1.39. The van der Waals surface area contributed by atoms with Gasteiger partial charge in [-0.25, -0.2) is 32.7 Å². The molecule has 0 spiro atoms. The summed E-state index contributed by atoms with van der Waals surface area (Å²) < 4.78 is 43.9. The van der Waals surface area contributed by atoms with Gasteiger partial charge in [-0.2, -0.15) is 0 Å². The highest BCUT2D eigenvalue weighted by Gasteiger charge is 2.36. The predicted molar refractivity (Wildman–Crippen MR) is 249 cm³/mol. The van der Waals surface area contributed by atoms with Gasteiger partial charge < -0.3 is 25.1 Å². The van der Waals surface area contributed by atoms with Gasteiger partial charge in [-0.05, 0) is 88.1 Å². The van der Waals surface area contributed by atoms with Crippen molar-refractivity contribution in [1.82, 2.24) is 35.1 Å². The van der Waals surface area contributed by atoms with E-state index in [0.29, 0.717) is 113 Å². The number of likely N-dealkylation sites (tertiary alicyclic amines) is 2. The van der Waals surface area contributed by atoms with Crippen molar-refractivity contribution in [2.45, 2.75) is 89.5 Å². The molecule has 4 aliphatic heterocycles. The number of carbonyl (C=O) groups is 4. The summed E-state index contributed by atoms with van der Waals surface area (Å²) in [5.74, 6) is -0.769. The third-order valence-electron chi connectivity index (χ3n) is 13.1. The zero-order chi connectivity index (χ0) is 46.5. The van der Waals surface area contributed by atoms with Crippen LogP contribution >= 0.6 is 11.3 Å². The number of aliphatic hydroxyl groups excluding tert-OH is 1. The summed E-state index contributed by atoms with van der Waals surface area (Å²) in [7, 11) is -3.77. The number of thiazole rings is 1. The van der Waals surface area contributed by atoms with E-state index in [4.69, 9.17) is 4.98 Å². The van der Waals surface area contributed by atoms with Crippen molar-refractivity contribution in [1.29, 1.82) is 0 Å². The molecule has 0 saturated carbocycles. The van der Waals surface area contributed by atoms with Gasteiger partial charge in [-0.1, -0.05) is 19.1 Å². The molecule has 2 atom stereocenters.